The zero-order valence-electron chi connectivity index (χ0n) is 13.5. The highest BCUT2D eigenvalue weighted by molar-refractivity contribution is 6.30. The molecule has 0 radical (unpaired) electrons. The van der Waals surface area contributed by atoms with Crippen molar-refractivity contribution >= 4 is 40.6 Å². The van der Waals surface area contributed by atoms with Crippen LogP contribution in [0.15, 0.2) is 49.2 Å². The predicted octanol–water partition coefficient (Wildman–Crippen LogP) is 2.33. The number of nitrogens with zero attached hydrogens (tertiary/aromatic N) is 5. The molecule has 0 aliphatic carbocycles. The number of aromatic nitrogens is 4. The monoisotopic (exact) mass is 386 g/mol. The Bertz CT molecular complexity index is 969. The Morgan fingerprint density at radius 1 is 1.07 bits per heavy atom. The van der Waals surface area contributed by atoms with Crippen molar-refractivity contribution < 1.29 is 9.72 Å². The fourth-order valence-electron chi connectivity index (χ4n) is 2.00. The van der Waals surface area contributed by atoms with Crippen LogP contribution in [0.3, 0.4) is 0 Å². The first-order chi connectivity index (χ1) is 13.0. The average Bonchev–Trinajstić information content (AvgIpc) is 2.68. The Hall–Kier alpha value is -3.86. The van der Waals surface area contributed by atoms with E-state index in [0.29, 0.717) is 16.4 Å². The predicted molar refractivity (Wildman–Crippen MR) is 96.5 cm³/mol. The van der Waals surface area contributed by atoms with Gasteiger partial charge in [-0.1, -0.05) is 11.6 Å². The molecular weight excluding hydrogens is 376 g/mol. The fourth-order valence-corrected chi connectivity index (χ4v) is 2.11. The first kappa shape index (κ1) is 17.9. The third-order valence-electron chi connectivity index (χ3n) is 3.22. The Morgan fingerprint density at radius 3 is 2.48 bits per heavy atom. The molecule has 0 saturated carbocycles. The van der Waals surface area contributed by atoms with Gasteiger partial charge in [0.15, 0.2) is 0 Å². The molecule has 3 aromatic heterocycles. The second-order valence-corrected chi connectivity index (χ2v) is 5.41. The molecule has 0 aromatic carbocycles. The lowest BCUT2D eigenvalue weighted by molar-refractivity contribution is -0.383. The minimum atomic E-state index is -0.681. The summed E-state index contributed by atoms with van der Waals surface area (Å²) in [5.74, 6) is -0.522. The molecule has 3 heterocycles. The molecular formula is C15H11ClN8O3. The summed E-state index contributed by atoms with van der Waals surface area (Å²) in [5.41, 5.74) is 4.62. The first-order valence-electron chi connectivity index (χ1n) is 7.39. The van der Waals surface area contributed by atoms with Crippen LogP contribution in [-0.4, -0.2) is 30.8 Å². The van der Waals surface area contributed by atoms with E-state index in [1.807, 2.05) is 0 Å². The molecule has 3 N–H and O–H groups in total. The Kier molecular flexibility index (Phi) is 5.33. The first-order valence-corrected chi connectivity index (χ1v) is 7.77. The van der Waals surface area contributed by atoms with Crippen LogP contribution in [0.25, 0.3) is 0 Å². The highest BCUT2D eigenvalue weighted by atomic mass is 35.5. The van der Waals surface area contributed by atoms with Gasteiger partial charge in [0, 0.05) is 24.2 Å². The molecule has 136 valence electrons. The third kappa shape index (κ3) is 4.41. The molecule has 0 saturated heterocycles. The number of carbonyl (C=O) groups excluding carboxylic acids is 1. The van der Waals surface area contributed by atoms with E-state index in [-0.39, 0.29) is 11.6 Å². The number of amides is 1. The SMILES string of the molecule is O=C(NNc1ncnc(Nc2ccc(Cl)cn2)c1[N+](=O)[O-])c1ccncc1. The van der Waals surface area contributed by atoms with E-state index in [4.69, 9.17) is 11.6 Å². The van der Waals surface area contributed by atoms with Gasteiger partial charge < -0.3 is 5.32 Å². The van der Waals surface area contributed by atoms with Gasteiger partial charge in [0.1, 0.15) is 12.1 Å². The van der Waals surface area contributed by atoms with Gasteiger partial charge in [-0.2, -0.15) is 0 Å². The number of nitro groups is 1. The van der Waals surface area contributed by atoms with Crippen LogP contribution in [0.5, 0.6) is 0 Å². The van der Waals surface area contributed by atoms with Crippen LogP contribution in [0.2, 0.25) is 5.02 Å². The number of hydrazine groups is 1. The van der Waals surface area contributed by atoms with Crippen molar-refractivity contribution in [2.24, 2.45) is 0 Å². The highest BCUT2D eigenvalue weighted by Gasteiger charge is 2.24. The quantitative estimate of drug-likeness (QED) is 0.428. The van der Waals surface area contributed by atoms with Gasteiger partial charge in [0.05, 0.1) is 9.95 Å². The topological polar surface area (TPSA) is 148 Å². The number of pyridine rings is 2. The van der Waals surface area contributed by atoms with Crippen molar-refractivity contribution in [3.05, 3.63) is 69.9 Å². The van der Waals surface area contributed by atoms with Crippen molar-refractivity contribution in [1.29, 1.82) is 0 Å². The van der Waals surface area contributed by atoms with Gasteiger partial charge in [-0.3, -0.25) is 30.7 Å². The van der Waals surface area contributed by atoms with E-state index >= 15 is 0 Å². The number of hydrogen-bond acceptors (Lipinski definition) is 9. The summed E-state index contributed by atoms with van der Waals surface area (Å²) in [5, 5.41) is 14.6. The van der Waals surface area contributed by atoms with Crippen molar-refractivity contribution in [3.63, 3.8) is 0 Å². The van der Waals surface area contributed by atoms with Gasteiger partial charge >= 0.3 is 5.69 Å². The summed E-state index contributed by atoms with van der Waals surface area (Å²) in [4.78, 5) is 38.3. The lowest BCUT2D eigenvalue weighted by Crippen LogP contribution is -2.30. The van der Waals surface area contributed by atoms with Crippen molar-refractivity contribution in [2.45, 2.75) is 0 Å². The van der Waals surface area contributed by atoms with Gasteiger partial charge in [-0.05, 0) is 24.3 Å². The normalized spacial score (nSPS) is 10.1. The van der Waals surface area contributed by atoms with E-state index in [9.17, 15) is 14.9 Å². The van der Waals surface area contributed by atoms with Crippen LogP contribution in [0.4, 0.5) is 23.1 Å². The summed E-state index contributed by atoms with van der Waals surface area (Å²) in [6, 6.07) is 6.08. The molecule has 0 spiro atoms. The van der Waals surface area contributed by atoms with Gasteiger partial charge in [0.25, 0.3) is 5.91 Å². The van der Waals surface area contributed by atoms with Crippen LogP contribution in [-0.2, 0) is 0 Å². The molecule has 11 nitrogen and oxygen atoms in total. The van der Waals surface area contributed by atoms with Crippen molar-refractivity contribution in [3.8, 4) is 0 Å². The molecule has 0 aliphatic rings. The fraction of sp³-hybridized carbons (Fsp3) is 0. The number of carbonyl (C=O) groups is 1. The Balaban J connectivity index is 1.82. The van der Waals surface area contributed by atoms with Gasteiger partial charge in [-0.15, -0.1) is 0 Å². The lowest BCUT2D eigenvalue weighted by atomic mass is 10.3. The highest BCUT2D eigenvalue weighted by Crippen LogP contribution is 2.30. The number of rotatable bonds is 6. The number of anilines is 3. The summed E-state index contributed by atoms with van der Waals surface area (Å²) in [6.45, 7) is 0. The zero-order valence-corrected chi connectivity index (χ0v) is 14.2. The van der Waals surface area contributed by atoms with Gasteiger partial charge in [-0.25, -0.2) is 15.0 Å². The minimum absolute atomic E-state index is 0.106. The van der Waals surface area contributed by atoms with E-state index in [1.165, 1.54) is 36.8 Å². The maximum Gasteiger partial charge on any atom is 0.355 e. The number of nitrogens with one attached hydrogen (secondary N) is 3. The number of hydrogen-bond donors (Lipinski definition) is 3. The maximum atomic E-state index is 12.1. The van der Waals surface area contributed by atoms with Crippen LogP contribution >= 0.6 is 11.6 Å². The van der Waals surface area contributed by atoms with Gasteiger partial charge in [0.2, 0.25) is 11.6 Å². The molecule has 0 aliphatic heterocycles. The molecule has 3 rings (SSSR count). The van der Waals surface area contributed by atoms with E-state index < -0.39 is 16.5 Å². The summed E-state index contributed by atoms with van der Waals surface area (Å²) < 4.78 is 0. The molecule has 0 bridgehead atoms. The number of halogens is 1. The summed E-state index contributed by atoms with van der Waals surface area (Å²) in [7, 11) is 0. The van der Waals surface area contributed by atoms with Crippen LogP contribution in [0, 0.1) is 10.1 Å². The molecule has 0 atom stereocenters. The van der Waals surface area contributed by atoms with Crippen LogP contribution in [0.1, 0.15) is 10.4 Å². The molecule has 3 aromatic rings. The Morgan fingerprint density at radius 2 is 1.81 bits per heavy atom. The van der Waals surface area contributed by atoms with Crippen molar-refractivity contribution in [1.82, 2.24) is 25.4 Å². The standard InChI is InChI=1S/C15H11ClN8O3/c16-10-1-2-11(18-7-10)21-13-12(24(26)27)14(20-8-19-13)22-23-15(25)9-3-5-17-6-4-9/h1-8H,(H,23,25)(H2,18,19,20,21,22). The lowest BCUT2D eigenvalue weighted by Gasteiger charge is -2.10. The Labute approximate surface area is 157 Å². The molecule has 1 amide bonds. The van der Waals surface area contributed by atoms with E-state index in [0.717, 1.165) is 6.33 Å². The molecule has 0 unspecified atom stereocenters. The molecule has 0 fully saturated rings. The smallest absolute Gasteiger partial charge is 0.319 e. The van der Waals surface area contributed by atoms with Crippen molar-refractivity contribution in [2.75, 3.05) is 10.7 Å². The summed E-state index contributed by atoms with van der Waals surface area (Å²) >= 11 is 5.76. The minimum Gasteiger partial charge on any atom is -0.319 e. The summed E-state index contributed by atoms with van der Waals surface area (Å²) in [6.07, 6.45) is 5.38. The molecule has 27 heavy (non-hydrogen) atoms. The molecule has 12 heteroatoms. The second-order valence-electron chi connectivity index (χ2n) is 4.98. The second kappa shape index (κ2) is 8.01. The maximum absolute atomic E-state index is 12.1. The van der Waals surface area contributed by atoms with E-state index in [1.54, 1.807) is 6.07 Å². The average molecular weight is 387 g/mol. The largest absolute Gasteiger partial charge is 0.355 e. The van der Waals surface area contributed by atoms with E-state index in [2.05, 4.69) is 36.1 Å². The zero-order chi connectivity index (χ0) is 19.2. The third-order valence-corrected chi connectivity index (χ3v) is 3.44. The van der Waals surface area contributed by atoms with Crippen LogP contribution < -0.4 is 16.2 Å².